The van der Waals surface area contributed by atoms with E-state index in [2.05, 4.69) is 0 Å². The molecule has 3 rings (SSSR count). The first-order chi connectivity index (χ1) is 9.17. The van der Waals surface area contributed by atoms with Crippen molar-refractivity contribution in [3.05, 3.63) is 34.4 Å². The summed E-state index contributed by atoms with van der Waals surface area (Å²) in [6, 6.07) is 3.27. The molecule has 5 heteroatoms. The molecule has 0 bridgehead atoms. The monoisotopic (exact) mass is 276 g/mol. The number of methoxy groups -OCH3 is 1. The minimum atomic E-state index is -0.103. The molecule has 98 valence electrons. The maximum absolute atomic E-state index is 12.2. The highest BCUT2D eigenvalue weighted by Gasteiger charge is 2.20. The van der Waals surface area contributed by atoms with Crippen LogP contribution in [0.2, 0.25) is 0 Å². The number of ether oxygens (including phenoxy) is 1. The predicted molar refractivity (Wildman–Crippen MR) is 75.3 cm³/mol. The van der Waals surface area contributed by atoms with Crippen molar-refractivity contribution in [1.29, 1.82) is 0 Å². The van der Waals surface area contributed by atoms with Crippen molar-refractivity contribution in [2.24, 2.45) is 0 Å². The Labute approximate surface area is 113 Å². The predicted octanol–water partition coefficient (Wildman–Crippen LogP) is 3.58. The lowest BCUT2D eigenvalue weighted by Crippen LogP contribution is -2.03. The third-order valence-corrected chi connectivity index (χ3v) is 3.81. The van der Waals surface area contributed by atoms with Crippen molar-refractivity contribution in [3.8, 4) is 5.75 Å². The molecule has 0 unspecified atom stereocenters. The maximum atomic E-state index is 12.2. The van der Waals surface area contributed by atoms with Gasteiger partial charge in [0.05, 0.1) is 23.7 Å². The molecule has 0 fully saturated rings. The van der Waals surface area contributed by atoms with Gasteiger partial charge in [-0.2, -0.15) is 0 Å². The van der Waals surface area contributed by atoms with E-state index in [-0.39, 0.29) is 5.43 Å². The van der Waals surface area contributed by atoms with Gasteiger partial charge in [-0.05, 0) is 19.2 Å². The molecule has 1 aromatic carbocycles. The highest BCUT2D eigenvalue weighted by molar-refractivity contribution is 7.99. The van der Waals surface area contributed by atoms with Crippen LogP contribution in [0.1, 0.15) is 5.76 Å². The summed E-state index contributed by atoms with van der Waals surface area (Å²) in [4.78, 5) is 13.0. The lowest BCUT2D eigenvalue weighted by atomic mass is 10.1. The molecule has 4 nitrogen and oxygen atoms in total. The van der Waals surface area contributed by atoms with Crippen molar-refractivity contribution in [3.63, 3.8) is 0 Å². The zero-order valence-corrected chi connectivity index (χ0v) is 11.6. The van der Waals surface area contributed by atoms with Crippen LogP contribution in [0.25, 0.3) is 21.9 Å². The fourth-order valence-electron chi connectivity index (χ4n) is 2.28. The zero-order chi connectivity index (χ0) is 13.6. The number of aryl methyl sites for hydroxylation is 1. The summed E-state index contributed by atoms with van der Waals surface area (Å²) in [6.45, 7) is 1.75. The highest BCUT2D eigenvalue weighted by atomic mass is 32.2. The topological polar surface area (TPSA) is 52.6 Å². The van der Waals surface area contributed by atoms with Crippen LogP contribution < -0.4 is 10.2 Å². The smallest absolute Gasteiger partial charge is 0.196 e. The molecule has 0 saturated carbocycles. The quantitative estimate of drug-likeness (QED) is 0.670. The Morgan fingerprint density at radius 1 is 1.32 bits per heavy atom. The summed E-state index contributed by atoms with van der Waals surface area (Å²) < 4.78 is 16.6. The van der Waals surface area contributed by atoms with Crippen LogP contribution in [0.15, 0.2) is 36.9 Å². The average Bonchev–Trinajstić information content (AvgIpc) is 2.84. The van der Waals surface area contributed by atoms with Gasteiger partial charge in [-0.3, -0.25) is 4.79 Å². The Hall–Kier alpha value is -1.88. The Kier molecular flexibility index (Phi) is 2.78. The highest BCUT2D eigenvalue weighted by Crippen LogP contribution is 2.41. The third-order valence-electron chi connectivity index (χ3n) is 3.03. The van der Waals surface area contributed by atoms with Gasteiger partial charge in [0.25, 0.3) is 0 Å². The van der Waals surface area contributed by atoms with E-state index in [0.717, 1.165) is 10.3 Å². The summed E-state index contributed by atoms with van der Waals surface area (Å²) in [5.41, 5.74) is 1.11. The van der Waals surface area contributed by atoms with Crippen molar-refractivity contribution in [2.75, 3.05) is 13.4 Å². The van der Waals surface area contributed by atoms with Gasteiger partial charge in [-0.25, -0.2) is 0 Å². The number of hydrogen-bond acceptors (Lipinski definition) is 5. The average molecular weight is 276 g/mol. The minimum absolute atomic E-state index is 0.103. The molecule has 0 spiro atoms. The van der Waals surface area contributed by atoms with Gasteiger partial charge in [0.1, 0.15) is 16.9 Å². The van der Waals surface area contributed by atoms with Crippen LogP contribution in [0, 0.1) is 6.92 Å². The molecule has 0 aliphatic heterocycles. The number of furan rings is 1. The van der Waals surface area contributed by atoms with E-state index in [1.807, 2.05) is 6.26 Å². The van der Waals surface area contributed by atoms with Crippen LogP contribution in [0.5, 0.6) is 5.75 Å². The number of rotatable bonds is 2. The van der Waals surface area contributed by atoms with Gasteiger partial charge >= 0.3 is 0 Å². The van der Waals surface area contributed by atoms with Gasteiger partial charge in [0.15, 0.2) is 16.6 Å². The van der Waals surface area contributed by atoms with E-state index in [9.17, 15) is 4.79 Å². The first-order valence-corrected chi connectivity index (χ1v) is 6.95. The molecular formula is C14H12O4S. The SMILES string of the molecule is COc1c2ccoc2c(SC)c2oc(C)cc(=O)c12. The van der Waals surface area contributed by atoms with Gasteiger partial charge < -0.3 is 13.6 Å². The van der Waals surface area contributed by atoms with Gasteiger partial charge in [0.2, 0.25) is 0 Å². The van der Waals surface area contributed by atoms with Crippen LogP contribution in [0.4, 0.5) is 0 Å². The van der Waals surface area contributed by atoms with Crippen LogP contribution in [-0.4, -0.2) is 13.4 Å². The van der Waals surface area contributed by atoms with Crippen molar-refractivity contribution in [2.45, 2.75) is 11.8 Å². The fraction of sp³-hybridized carbons (Fsp3) is 0.214. The lowest BCUT2D eigenvalue weighted by molar-refractivity contribution is 0.422. The van der Waals surface area contributed by atoms with Gasteiger partial charge in [0, 0.05) is 6.07 Å². The second-order valence-corrected chi connectivity index (χ2v) is 4.97. The van der Waals surface area contributed by atoms with Gasteiger partial charge in [-0.1, -0.05) is 0 Å². The van der Waals surface area contributed by atoms with E-state index >= 15 is 0 Å². The second kappa shape index (κ2) is 4.35. The maximum Gasteiger partial charge on any atom is 0.196 e. The number of benzene rings is 1. The molecule has 19 heavy (non-hydrogen) atoms. The molecule has 0 atom stereocenters. The summed E-state index contributed by atoms with van der Waals surface area (Å²) >= 11 is 1.49. The minimum Gasteiger partial charge on any atom is -0.495 e. The van der Waals surface area contributed by atoms with Crippen LogP contribution in [0.3, 0.4) is 0 Å². The van der Waals surface area contributed by atoms with E-state index in [1.54, 1.807) is 26.4 Å². The molecule has 2 heterocycles. The first kappa shape index (κ1) is 12.2. The molecule has 0 radical (unpaired) electrons. The standard InChI is InChI=1S/C14H12O4S/c1-7-6-9(15)10-11(16-2)8-4-5-17-12(8)14(19-3)13(10)18-7/h4-6H,1-3H3. The van der Waals surface area contributed by atoms with Crippen LogP contribution in [-0.2, 0) is 0 Å². The first-order valence-electron chi connectivity index (χ1n) is 5.73. The fourth-order valence-corrected chi connectivity index (χ4v) is 2.96. The zero-order valence-electron chi connectivity index (χ0n) is 10.8. The number of fused-ring (bicyclic) bond motifs is 2. The summed E-state index contributed by atoms with van der Waals surface area (Å²) in [5, 5.41) is 1.25. The Morgan fingerprint density at radius 2 is 2.11 bits per heavy atom. The molecule has 2 aromatic heterocycles. The van der Waals surface area contributed by atoms with Crippen molar-refractivity contribution in [1.82, 2.24) is 0 Å². The number of thioether (sulfide) groups is 1. The third kappa shape index (κ3) is 1.65. The largest absolute Gasteiger partial charge is 0.495 e. The summed E-state index contributed by atoms with van der Waals surface area (Å²) in [5.74, 6) is 1.08. The van der Waals surface area contributed by atoms with Crippen molar-refractivity contribution >= 4 is 33.7 Å². The van der Waals surface area contributed by atoms with Crippen molar-refractivity contribution < 1.29 is 13.6 Å². The molecule has 3 aromatic rings. The molecule has 0 aliphatic rings. The Bertz CT molecular complexity index is 829. The van der Waals surface area contributed by atoms with E-state index in [4.69, 9.17) is 13.6 Å². The lowest BCUT2D eigenvalue weighted by Gasteiger charge is -2.09. The summed E-state index contributed by atoms with van der Waals surface area (Å²) in [7, 11) is 1.54. The molecule has 0 saturated heterocycles. The molecule has 0 amide bonds. The van der Waals surface area contributed by atoms with E-state index < -0.39 is 0 Å². The molecule has 0 aliphatic carbocycles. The number of hydrogen-bond donors (Lipinski definition) is 0. The molecule has 0 N–H and O–H groups in total. The second-order valence-electron chi connectivity index (χ2n) is 4.16. The van der Waals surface area contributed by atoms with E-state index in [0.29, 0.717) is 28.1 Å². The Morgan fingerprint density at radius 3 is 2.79 bits per heavy atom. The van der Waals surface area contributed by atoms with E-state index in [1.165, 1.54) is 17.8 Å². The summed E-state index contributed by atoms with van der Waals surface area (Å²) in [6.07, 6.45) is 3.51. The van der Waals surface area contributed by atoms with Gasteiger partial charge in [-0.15, -0.1) is 11.8 Å². The van der Waals surface area contributed by atoms with Crippen LogP contribution >= 0.6 is 11.8 Å². The Balaban J connectivity index is 2.68. The normalized spacial score (nSPS) is 11.3. The molecular weight excluding hydrogens is 264 g/mol.